The Morgan fingerprint density at radius 1 is 1.23 bits per heavy atom. The predicted molar refractivity (Wildman–Crippen MR) is 127 cm³/mol. The van der Waals surface area contributed by atoms with E-state index in [9.17, 15) is 9.59 Å². The van der Waals surface area contributed by atoms with Crippen LogP contribution in [-0.4, -0.2) is 35.1 Å². The van der Waals surface area contributed by atoms with E-state index in [1.165, 1.54) is 18.0 Å². The third-order valence-corrected chi connectivity index (χ3v) is 5.46. The van der Waals surface area contributed by atoms with Crippen LogP contribution in [0.4, 0.5) is 0 Å². The lowest BCUT2D eigenvalue weighted by atomic mass is 10.2. The second-order valence-corrected chi connectivity index (χ2v) is 8.60. The zero-order valence-corrected chi connectivity index (χ0v) is 20.4. The first-order chi connectivity index (χ1) is 14.8. The molecule has 31 heavy (non-hydrogen) atoms. The van der Waals surface area contributed by atoms with Crippen LogP contribution in [0.5, 0.6) is 5.75 Å². The molecule has 1 heterocycles. The van der Waals surface area contributed by atoms with Gasteiger partial charge in [0, 0.05) is 20.9 Å². The van der Waals surface area contributed by atoms with Gasteiger partial charge in [0.25, 0.3) is 5.56 Å². The van der Waals surface area contributed by atoms with E-state index in [0.717, 1.165) is 15.4 Å². The van der Waals surface area contributed by atoms with Crippen molar-refractivity contribution in [2.75, 3.05) is 7.11 Å². The topological polar surface area (TPSA) is 82.8 Å². The minimum absolute atomic E-state index is 0.258. The van der Waals surface area contributed by atoms with Crippen LogP contribution in [0.15, 0.2) is 55.2 Å². The van der Waals surface area contributed by atoms with Crippen molar-refractivity contribution in [1.29, 1.82) is 0 Å². The van der Waals surface area contributed by atoms with Crippen LogP contribution in [0.1, 0.15) is 31.7 Å². The van der Waals surface area contributed by atoms with E-state index in [1.54, 1.807) is 31.2 Å². The Morgan fingerprint density at radius 2 is 1.94 bits per heavy atom. The monoisotopic (exact) mass is 549 g/mol. The lowest BCUT2D eigenvalue weighted by molar-refractivity contribution is -0.147. The molecule has 3 rings (SSSR count). The van der Waals surface area contributed by atoms with Gasteiger partial charge < -0.3 is 9.47 Å². The summed E-state index contributed by atoms with van der Waals surface area (Å²) in [6.45, 7) is 3.62. The molecular weight excluding hydrogens is 530 g/mol. The van der Waals surface area contributed by atoms with Gasteiger partial charge in [-0.3, -0.25) is 4.79 Å². The molecule has 0 spiro atoms. The zero-order chi connectivity index (χ0) is 22.5. The van der Waals surface area contributed by atoms with E-state index < -0.39 is 12.1 Å². The smallest absolute Gasteiger partial charge is 0.346 e. The third kappa shape index (κ3) is 5.40. The molecule has 7 nitrogen and oxygen atoms in total. The predicted octanol–water partition coefficient (Wildman–Crippen LogP) is 4.70. The van der Waals surface area contributed by atoms with E-state index in [2.05, 4.69) is 41.9 Å². The Bertz CT molecular complexity index is 1210. The van der Waals surface area contributed by atoms with Crippen LogP contribution in [0.2, 0.25) is 0 Å². The Balaban J connectivity index is 2.08. The number of ether oxygens (including phenoxy) is 2. The number of carbonyl (C=O) groups excluding carboxylic acids is 1. The first-order valence-corrected chi connectivity index (χ1v) is 11.2. The normalized spacial score (nSPS) is 12.3. The van der Waals surface area contributed by atoms with E-state index in [0.29, 0.717) is 34.5 Å². The van der Waals surface area contributed by atoms with Gasteiger partial charge >= 0.3 is 5.97 Å². The molecule has 0 amide bonds. The summed E-state index contributed by atoms with van der Waals surface area (Å²) in [5.41, 5.74) is 0.960. The number of carbonyl (C=O) groups is 1. The number of hydrogen-bond donors (Lipinski definition) is 0. The molecule has 162 valence electrons. The van der Waals surface area contributed by atoms with Crippen molar-refractivity contribution in [3.8, 4) is 5.75 Å². The standard InChI is InChI=1S/C22H21Br2N3O4/c1-4-5-20-26-18-8-6-16(24)11-17(18)21(28)27(20)25-12-14-10-15(23)7-9-19(14)31-13(2)22(29)30-3/h6-13H,4-5H2,1-3H3/t13-/m1/s1. The second-order valence-electron chi connectivity index (χ2n) is 6.77. The average Bonchev–Trinajstić information content (AvgIpc) is 2.75. The van der Waals surface area contributed by atoms with Gasteiger partial charge in [0.05, 0.1) is 24.2 Å². The van der Waals surface area contributed by atoms with Crippen LogP contribution >= 0.6 is 31.9 Å². The van der Waals surface area contributed by atoms with Gasteiger partial charge in [0.15, 0.2) is 6.10 Å². The second kappa shape index (κ2) is 10.2. The Kier molecular flexibility index (Phi) is 7.61. The van der Waals surface area contributed by atoms with Gasteiger partial charge in [-0.1, -0.05) is 38.8 Å². The molecule has 3 aromatic rings. The zero-order valence-electron chi connectivity index (χ0n) is 17.3. The highest BCUT2D eigenvalue weighted by Crippen LogP contribution is 2.23. The van der Waals surface area contributed by atoms with Crippen LogP contribution in [0.25, 0.3) is 10.9 Å². The molecule has 0 saturated carbocycles. The third-order valence-electron chi connectivity index (χ3n) is 4.47. The number of aromatic nitrogens is 2. The minimum Gasteiger partial charge on any atom is -0.478 e. The highest BCUT2D eigenvalue weighted by Gasteiger charge is 2.17. The summed E-state index contributed by atoms with van der Waals surface area (Å²) in [6.07, 6.45) is 2.14. The number of rotatable bonds is 7. The molecule has 0 aliphatic carbocycles. The fourth-order valence-electron chi connectivity index (χ4n) is 2.95. The lowest BCUT2D eigenvalue weighted by Crippen LogP contribution is -2.25. The first-order valence-electron chi connectivity index (χ1n) is 9.63. The fraction of sp³-hybridized carbons (Fsp3) is 0.273. The quantitative estimate of drug-likeness (QED) is 0.314. The number of methoxy groups -OCH3 is 1. The number of aryl methyl sites for hydroxylation is 1. The summed E-state index contributed by atoms with van der Waals surface area (Å²) >= 11 is 6.83. The fourth-order valence-corrected chi connectivity index (χ4v) is 3.69. The van der Waals surface area contributed by atoms with Crippen molar-refractivity contribution in [3.05, 3.63) is 67.1 Å². The Morgan fingerprint density at radius 3 is 2.65 bits per heavy atom. The number of nitrogens with zero attached hydrogens (tertiary/aromatic N) is 3. The molecule has 0 aliphatic heterocycles. The molecule has 0 N–H and O–H groups in total. The molecule has 0 unspecified atom stereocenters. The molecule has 9 heteroatoms. The maximum atomic E-state index is 13.1. The minimum atomic E-state index is -0.795. The van der Waals surface area contributed by atoms with Gasteiger partial charge in [0.2, 0.25) is 0 Å². The number of esters is 1. The molecular formula is C22H21Br2N3O4. The van der Waals surface area contributed by atoms with Crippen LogP contribution in [0, 0.1) is 0 Å². The van der Waals surface area contributed by atoms with Gasteiger partial charge in [-0.15, -0.1) is 0 Å². The molecule has 1 atom stereocenters. The van der Waals surface area contributed by atoms with E-state index in [-0.39, 0.29) is 5.56 Å². The van der Waals surface area contributed by atoms with Crippen LogP contribution in [-0.2, 0) is 16.0 Å². The van der Waals surface area contributed by atoms with Crippen LogP contribution in [0.3, 0.4) is 0 Å². The number of halogens is 2. The van der Waals surface area contributed by atoms with Gasteiger partial charge in [-0.25, -0.2) is 9.78 Å². The molecule has 0 fully saturated rings. The largest absolute Gasteiger partial charge is 0.478 e. The van der Waals surface area contributed by atoms with E-state index in [1.807, 2.05) is 19.1 Å². The van der Waals surface area contributed by atoms with Crippen molar-refractivity contribution in [2.24, 2.45) is 5.10 Å². The molecule has 0 saturated heterocycles. The van der Waals surface area contributed by atoms with Gasteiger partial charge in [0.1, 0.15) is 11.6 Å². The number of fused-ring (bicyclic) bond motifs is 1. The summed E-state index contributed by atoms with van der Waals surface area (Å²) in [5, 5.41) is 4.90. The highest BCUT2D eigenvalue weighted by atomic mass is 79.9. The Hall–Kier alpha value is -2.52. The van der Waals surface area contributed by atoms with Gasteiger partial charge in [-0.2, -0.15) is 9.78 Å². The van der Waals surface area contributed by atoms with Crippen molar-refractivity contribution in [1.82, 2.24) is 9.66 Å². The summed E-state index contributed by atoms with van der Waals surface area (Å²) in [7, 11) is 1.30. The molecule has 0 radical (unpaired) electrons. The first kappa shape index (κ1) is 23.1. The average molecular weight is 551 g/mol. The van der Waals surface area contributed by atoms with E-state index in [4.69, 9.17) is 9.47 Å². The summed E-state index contributed by atoms with van der Waals surface area (Å²) < 4.78 is 13.4. The SMILES string of the molecule is CCCc1nc2ccc(Br)cc2c(=O)n1N=Cc1cc(Br)ccc1O[C@H](C)C(=O)OC. The summed E-state index contributed by atoms with van der Waals surface area (Å²) in [4.78, 5) is 29.5. The van der Waals surface area contributed by atoms with Crippen molar-refractivity contribution in [2.45, 2.75) is 32.8 Å². The summed E-state index contributed by atoms with van der Waals surface area (Å²) in [6, 6.07) is 10.7. The molecule has 1 aromatic heterocycles. The maximum absolute atomic E-state index is 13.1. The number of benzene rings is 2. The highest BCUT2D eigenvalue weighted by molar-refractivity contribution is 9.10. The summed E-state index contributed by atoms with van der Waals surface area (Å²) in [5.74, 6) is 0.516. The number of hydrogen-bond acceptors (Lipinski definition) is 6. The maximum Gasteiger partial charge on any atom is 0.346 e. The molecule has 0 aliphatic rings. The van der Waals surface area contributed by atoms with Crippen LogP contribution < -0.4 is 10.3 Å². The van der Waals surface area contributed by atoms with Crippen molar-refractivity contribution in [3.63, 3.8) is 0 Å². The molecule has 2 aromatic carbocycles. The lowest BCUT2D eigenvalue weighted by Gasteiger charge is -2.14. The Labute approximate surface area is 196 Å². The van der Waals surface area contributed by atoms with Gasteiger partial charge in [-0.05, 0) is 49.7 Å². The van der Waals surface area contributed by atoms with Crippen molar-refractivity contribution < 1.29 is 14.3 Å². The molecule has 0 bridgehead atoms. The van der Waals surface area contributed by atoms with E-state index >= 15 is 0 Å². The van der Waals surface area contributed by atoms with Crippen molar-refractivity contribution >= 4 is 54.9 Å².